The van der Waals surface area contributed by atoms with Crippen molar-refractivity contribution in [1.29, 1.82) is 0 Å². The summed E-state index contributed by atoms with van der Waals surface area (Å²) in [6.07, 6.45) is 6.19. The number of aromatic nitrogens is 2. The number of ether oxygens (including phenoxy) is 1. The summed E-state index contributed by atoms with van der Waals surface area (Å²) in [5.41, 5.74) is -0.366. The van der Waals surface area contributed by atoms with Crippen LogP contribution in [0.3, 0.4) is 0 Å². The number of unbranched alkanes of at least 4 members (excludes halogenated alkanes) is 2. The molecule has 0 spiro atoms. The first kappa shape index (κ1) is 26.5. The number of aryl methyl sites for hydroxylation is 1. The number of alkyl halides is 4. The Kier molecular flexibility index (Phi) is 8.67. The van der Waals surface area contributed by atoms with Gasteiger partial charge in [0.1, 0.15) is 5.82 Å². The fourth-order valence-corrected chi connectivity index (χ4v) is 4.48. The van der Waals surface area contributed by atoms with Gasteiger partial charge in [0, 0.05) is 47.5 Å². The zero-order valence-corrected chi connectivity index (χ0v) is 20.7. The molecule has 0 radical (unpaired) electrons. The summed E-state index contributed by atoms with van der Waals surface area (Å²) in [5, 5.41) is 0. The van der Waals surface area contributed by atoms with Gasteiger partial charge in [-0.1, -0.05) is 22.4 Å². The average molecular weight is 546 g/mol. The summed E-state index contributed by atoms with van der Waals surface area (Å²) >= 11 is 3.39. The van der Waals surface area contributed by atoms with Gasteiger partial charge in [-0.05, 0) is 63.3 Å². The molecular formula is C24H28BrF4N3O2. The molecule has 5 nitrogen and oxygen atoms in total. The lowest BCUT2D eigenvalue weighted by atomic mass is 9.71. The molecule has 3 rings (SSSR count). The van der Waals surface area contributed by atoms with E-state index in [0.29, 0.717) is 25.2 Å². The Balaban J connectivity index is 1.54. The number of anilines is 1. The van der Waals surface area contributed by atoms with Crippen molar-refractivity contribution in [1.82, 2.24) is 9.97 Å². The number of amides is 1. The molecule has 2 aromatic rings. The van der Waals surface area contributed by atoms with Crippen LogP contribution < -0.4 is 4.90 Å². The minimum Gasteiger partial charge on any atom is -0.317 e. The van der Waals surface area contributed by atoms with Crippen LogP contribution in [0.1, 0.15) is 57.2 Å². The lowest BCUT2D eigenvalue weighted by Gasteiger charge is -2.45. The van der Waals surface area contributed by atoms with Crippen molar-refractivity contribution in [2.75, 3.05) is 11.4 Å². The predicted octanol–water partition coefficient (Wildman–Crippen LogP) is 6.50. The van der Waals surface area contributed by atoms with Gasteiger partial charge in [-0.3, -0.25) is 14.7 Å². The Morgan fingerprint density at radius 2 is 1.97 bits per heavy atom. The first-order valence-corrected chi connectivity index (χ1v) is 12.0. The number of halogens is 5. The Bertz CT molecular complexity index is 963. The van der Waals surface area contributed by atoms with E-state index in [1.54, 1.807) is 36.2 Å². The van der Waals surface area contributed by atoms with Gasteiger partial charge in [0.05, 0.1) is 5.60 Å². The van der Waals surface area contributed by atoms with E-state index in [4.69, 9.17) is 0 Å². The zero-order chi connectivity index (χ0) is 24.9. The van der Waals surface area contributed by atoms with Crippen LogP contribution in [0, 0.1) is 5.92 Å². The summed E-state index contributed by atoms with van der Waals surface area (Å²) in [6.45, 7) is -0.00716. The van der Waals surface area contributed by atoms with E-state index in [1.807, 2.05) is 0 Å². The highest BCUT2D eigenvalue weighted by atomic mass is 79.9. The van der Waals surface area contributed by atoms with E-state index < -0.39 is 24.1 Å². The highest BCUT2D eigenvalue weighted by Crippen LogP contribution is 2.43. The first-order valence-electron chi connectivity index (χ1n) is 11.2. The van der Waals surface area contributed by atoms with Crippen LogP contribution in [0.4, 0.5) is 23.4 Å². The zero-order valence-electron chi connectivity index (χ0n) is 19.1. The maximum atomic E-state index is 13.3. The molecule has 34 heavy (non-hydrogen) atoms. The molecule has 10 heteroatoms. The fourth-order valence-electron chi connectivity index (χ4n) is 4.15. The van der Waals surface area contributed by atoms with E-state index in [0.717, 1.165) is 29.9 Å². The Morgan fingerprint density at radius 1 is 1.24 bits per heavy atom. The molecule has 0 saturated heterocycles. The van der Waals surface area contributed by atoms with Crippen LogP contribution >= 0.6 is 15.9 Å². The van der Waals surface area contributed by atoms with Crippen LogP contribution in [0.25, 0.3) is 0 Å². The van der Waals surface area contributed by atoms with Crippen LogP contribution in [0.5, 0.6) is 0 Å². The summed E-state index contributed by atoms with van der Waals surface area (Å²) in [4.78, 5) is 23.2. The standard InChI is InChI=1S/C24H28BrF4N3O2/c1-23(34-22(26)27)13-16(14-23)21(33)32(20-12-18(25)9-10-30-20)11-5-3-4-6-19-8-7-17(15-31-19)24(2,28)29/h7-10,12,15-16,22H,3-6,11,13-14H2,1-2H3/t16-,23+. The third-order valence-corrected chi connectivity index (χ3v) is 6.47. The minimum atomic E-state index is -2.91. The van der Waals surface area contributed by atoms with Gasteiger partial charge in [0.2, 0.25) is 5.91 Å². The van der Waals surface area contributed by atoms with Gasteiger partial charge >= 0.3 is 6.61 Å². The van der Waals surface area contributed by atoms with Gasteiger partial charge in [0.25, 0.3) is 5.92 Å². The molecule has 1 aliphatic carbocycles. The highest BCUT2D eigenvalue weighted by Gasteiger charge is 2.48. The van der Waals surface area contributed by atoms with Crippen molar-refractivity contribution < 1.29 is 27.1 Å². The van der Waals surface area contributed by atoms with Gasteiger partial charge in [0.15, 0.2) is 0 Å². The second-order valence-corrected chi connectivity index (χ2v) is 9.91. The van der Waals surface area contributed by atoms with Crippen molar-refractivity contribution in [2.45, 2.75) is 70.5 Å². The van der Waals surface area contributed by atoms with Gasteiger partial charge in [-0.15, -0.1) is 0 Å². The molecule has 2 aromatic heterocycles. The molecule has 0 bridgehead atoms. The van der Waals surface area contributed by atoms with Crippen molar-refractivity contribution in [3.8, 4) is 0 Å². The molecule has 0 aromatic carbocycles. The third kappa shape index (κ3) is 7.21. The maximum Gasteiger partial charge on any atom is 0.345 e. The van der Waals surface area contributed by atoms with E-state index in [1.165, 1.54) is 12.3 Å². The van der Waals surface area contributed by atoms with Crippen molar-refractivity contribution in [2.24, 2.45) is 5.92 Å². The van der Waals surface area contributed by atoms with Crippen molar-refractivity contribution in [3.63, 3.8) is 0 Å². The molecule has 0 unspecified atom stereocenters. The lowest BCUT2D eigenvalue weighted by Crippen LogP contribution is -2.52. The van der Waals surface area contributed by atoms with Crippen molar-refractivity contribution >= 4 is 27.7 Å². The first-order chi connectivity index (χ1) is 16.0. The fraction of sp³-hybridized carbons (Fsp3) is 0.542. The van der Waals surface area contributed by atoms with Gasteiger partial charge < -0.3 is 4.74 Å². The second kappa shape index (κ2) is 11.1. The topological polar surface area (TPSA) is 55.3 Å². The number of nitrogens with zero attached hydrogens (tertiary/aromatic N) is 3. The average Bonchev–Trinajstić information content (AvgIpc) is 2.73. The molecule has 1 aliphatic rings. The van der Waals surface area contributed by atoms with Crippen LogP contribution in [-0.2, 0) is 21.9 Å². The third-order valence-electron chi connectivity index (χ3n) is 5.98. The van der Waals surface area contributed by atoms with Gasteiger partial charge in [-0.25, -0.2) is 13.8 Å². The molecule has 0 N–H and O–H groups in total. The highest BCUT2D eigenvalue weighted by molar-refractivity contribution is 9.10. The SMILES string of the molecule is CC(F)(F)c1ccc(CCCCCN(c2cc(Br)ccn2)C(=O)[C@H]2C[C@@](C)(OC(F)F)C2)nc1. The molecule has 1 amide bonds. The van der Waals surface area contributed by atoms with Crippen LogP contribution in [-0.4, -0.2) is 34.6 Å². The summed E-state index contributed by atoms with van der Waals surface area (Å²) in [6, 6.07) is 6.52. The number of hydrogen-bond acceptors (Lipinski definition) is 4. The smallest absolute Gasteiger partial charge is 0.317 e. The van der Waals surface area contributed by atoms with Crippen LogP contribution in [0.2, 0.25) is 0 Å². The number of pyridine rings is 2. The van der Waals surface area contributed by atoms with E-state index in [9.17, 15) is 22.4 Å². The Hall–Kier alpha value is -2.07. The van der Waals surface area contributed by atoms with Crippen LogP contribution in [0.15, 0.2) is 41.1 Å². The molecule has 0 atom stereocenters. The lowest BCUT2D eigenvalue weighted by molar-refractivity contribution is -0.237. The molecule has 0 aliphatic heterocycles. The molecular weight excluding hydrogens is 518 g/mol. The summed E-state index contributed by atoms with van der Waals surface area (Å²) in [5.74, 6) is -2.96. The molecule has 2 heterocycles. The quantitative estimate of drug-likeness (QED) is 0.239. The Labute approximate surface area is 205 Å². The van der Waals surface area contributed by atoms with E-state index >= 15 is 0 Å². The molecule has 186 valence electrons. The largest absolute Gasteiger partial charge is 0.345 e. The predicted molar refractivity (Wildman–Crippen MR) is 124 cm³/mol. The Morgan fingerprint density at radius 3 is 2.56 bits per heavy atom. The number of carbonyl (C=O) groups is 1. The number of carbonyl (C=O) groups excluding carboxylic acids is 1. The van der Waals surface area contributed by atoms with E-state index in [2.05, 4.69) is 30.6 Å². The number of rotatable bonds is 11. The molecule has 1 fully saturated rings. The van der Waals surface area contributed by atoms with Gasteiger partial charge in [-0.2, -0.15) is 8.78 Å². The van der Waals surface area contributed by atoms with Crippen molar-refractivity contribution in [3.05, 3.63) is 52.4 Å². The normalized spacial score (nSPS) is 20.3. The summed E-state index contributed by atoms with van der Waals surface area (Å²) in [7, 11) is 0. The molecule has 1 saturated carbocycles. The second-order valence-electron chi connectivity index (χ2n) is 8.99. The minimum absolute atomic E-state index is 0.113. The monoisotopic (exact) mass is 545 g/mol. The number of hydrogen-bond donors (Lipinski definition) is 0. The maximum absolute atomic E-state index is 13.3. The van der Waals surface area contributed by atoms with E-state index in [-0.39, 0.29) is 24.3 Å². The summed E-state index contributed by atoms with van der Waals surface area (Å²) < 4.78 is 57.3.